The van der Waals surface area contributed by atoms with Gasteiger partial charge < -0.3 is 5.73 Å². The Morgan fingerprint density at radius 2 is 2.09 bits per heavy atom. The summed E-state index contributed by atoms with van der Waals surface area (Å²) in [5.74, 6) is 0.714. The Hall–Kier alpha value is -0.300. The second-order valence-corrected chi connectivity index (χ2v) is 2.96. The summed E-state index contributed by atoms with van der Waals surface area (Å²) in [6.45, 7) is 5.24. The molecule has 1 atom stereocenters. The predicted octanol–water partition coefficient (Wildman–Crippen LogP) is 2.72. The summed E-state index contributed by atoms with van der Waals surface area (Å²) in [5, 5.41) is 0. The van der Waals surface area contributed by atoms with Gasteiger partial charge in [0.1, 0.15) is 0 Å². The van der Waals surface area contributed by atoms with Gasteiger partial charge in [0, 0.05) is 0 Å². The maximum absolute atomic E-state index is 5.48. The molecule has 0 aliphatic rings. The highest BCUT2D eigenvalue weighted by molar-refractivity contribution is 4.87. The van der Waals surface area contributed by atoms with E-state index in [-0.39, 0.29) is 0 Å². The fourth-order valence-corrected chi connectivity index (χ4v) is 1.11. The zero-order chi connectivity index (χ0) is 8.53. The van der Waals surface area contributed by atoms with E-state index in [1.807, 2.05) is 0 Å². The van der Waals surface area contributed by atoms with Crippen molar-refractivity contribution in [2.75, 3.05) is 6.54 Å². The quantitative estimate of drug-likeness (QED) is 0.586. The molecule has 0 aliphatic carbocycles. The summed E-state index contributed by atoms with van der Waals surface area (Å²) in [4.78, 5) is 0. The largest absolute Gasteiger partial charge is 0.330 e. The number of allylic oxidation sites excluding steroid dienone is 2. The molecule has 66 valence electrons. The Kier molecular flexibility index (Phi) is 7.59. The molecule has 0 aromatic carbocycles. The molecule has 0 amide bonds. The highest BCUT2D eigenvalue weighted by Gasteiger charge is 1.97. The lowest BCUT2D eigenvalue weighted by Crippen LogP contribution is -2.05. The van der Waals surface area contributed by atoms with Crippen LogP contribution in [0, 0.1) is 5.92 Å². The van der Waals surface area contributed by atoms with Crippen LogP contribution in [0.5, 0.6) is 0 Å². The number of hydrogen-bond donors (Lipinski definition) is 1. The van der Waals surface area contributed by atoms with E-state index in [0.29, 0.717) is 5.92 Å². The van der Waals surface area contributed by atoms with Crippen molar-refractivity contribution in [2.45, 2.75) is 39.5 Å². The van der Waals surface area contributed by atoms with Gasteiger partial charge in [-0.1, -0.05) is 32.4 Å². The first-order valence-corrected chi connectivity index (χ1v) is 4.71. The van der Waals surface area contributed by atoms with Gasteiger partial charge in [0.15, 0.2) is 0 Å². The molecule has 0 bridgehead atoms. The fourth-order valence-electron chi connectivity index (χ4n) is 1.11. The van der Waals surface area contributed by atoms with Gasteiger partial charge in [-0.2, -0.15) is 0 Å². The smallest absolute Gasteiger partial charge is 0.00717 e. The Balaban J connectivity index is 3.49. The predicted molar refractivity (Wildman–Crippen MR) is 51.5 cm³/mol. The molecule has 1 unspecified atom stereocenters. The molecule has 0 aromatic heterocycles. The van der Waals surface area contributed by atoms with Crippen molar-refractivity contribution >= 4 is 0 Å². The topological polar surface area (TPSA) is 26.0 Å². The normalized spacial score (nSPS) is 14.1. The summed E-state index contributed by atoms with van der Waals surface area (Å²) in [7, 11) is 0. The molecule has 0 saturated heterocycles. The maximum Gasteiger partial charge on any atom is -0.00717 e. The van der Waals surface area contributed by atoms with E-state index in [4.69, 9.17) is 5.73 Å². The summed E-state index contributed by atoms with van der Waals surface area (Å²) in [6, 6.07) is 0. The number of rotatable bonds is 6. The van der Waals surface area contributed by atoms with Crippen molar-refractivity contribution in [3.63, 3.8) is 0 Å². The van der Waals surface area contributed by atoms with Crippen molar-refractivity contribution in [2.24, 2.45) is 11.7 Å². The minimum absolute atomic E-state index is 0.714. The van der Waals surface area contributed by atoms with Gasteiger partial charge >= 0.3 is 0 Å². The third-order valence-electron chi connectivity index (χ3n) is 1.93. The van der Waals surface area contributed by atoms with E-state index in [0.717, 1.165) is 13.0 Å². The average molecular weight is 155 g/mol. The van der Waals surface area contributed by atoms with Gasteiger partial charge in [-0.15, -0.1) is 0 Å². The van der Waals surface area contributed by atoms with Crippen LogP contribution in [0.25, 0.3) is 0 Å². The lowest BCUT2D eigenvalue weighted by atomic mass is 10.0. The van der Waals surface area contributed by atoms with Crippen LogP contribution in [-0.2, 0) is 0 Å². The first-order valence-electron chi connectivity index (χ1n) is 4.71. The van der Waals surface area contributed by atoms with Crippen LogP contribution in [0.3, 0.4) is 0 Å². The summed E-state index contributed by atoms with van der Waals surface area (Å²) in [6.07, 6.45) is 9.41. The maximum atomic E-state index is 5.48. The molecule has 1 heteroatoms. The van der Waals surface area contributed by atoms with E-state index >= 15 is 0 Å². The van der Waals surface area contributed by atoms with Crippen LogP contribution in [0.4, 0.5) is 0 Å². The van der Waals surface area contributed by atoms with E-state index in [1.54, 1.807) is 0 Å². The number of hydrogen-bond acceptors (Lipinski definition) is 1. The molecule has 0 rings (SSSR count). The molecule has 0 saturated carbocycles. The lowest BCUT2D eigenvalue weighted by Gasteiger charge is -2.06. The van der Waals surface area contributed by atoms with Gasteiger partial charge in [0.25, 0.3) is 0 Å². The standard InChI is InChI=1S/C10H21N/c1-3-5-6-7-10(4-2)8-9-11/h6-7,10H,3-5,8-9,11H2,1-2H3/b7-6+. The van der Waals surface area contributed by atoms with Crippen molar-refractivity contribution in [1.29, 1.82) is 0 Å². The fraction of sp³-hybridized carbons (Fsp3) is 0.800. The van der Waals surface area contributed by atoms with Gasteiger partial charge in [-0.3, -0.25) is 0 Å². The Morgan fingerprint density at radius 1 is 1.36 bits per heavy atom. The van der Waals surface area contributed by atoms with Crippen LogP contribution in [0.1, 0.15) is 39.5 Å². The zero-order valence-electron chi connectivity index (χ0n) is 7.84. The van der Waals surface area contributed by atoms with Crippen molar-refractivity contribution in [3.05, 3.63) is 12.2 Å². The van der Waals surface area contributed by atoms with E-state index in [2.05, 4.69) is 26.0 Å². The molecule has 0 heterocycles. The minimum Gasteiger partial charge on any atom is -0.330 e. The molecule has 11 heavy (non-hydrogen) atoms. The first kappa shape index (κ1) is 10.7. The summed E-state index contributed by atoms with van der Waals surface area (Å²) >= 11 is 0. The van der Waals surface area contributed by atoms with Crippen molar-refractivity contribution < 1.29 is 0 Å². The van der Waals surface area contributed by atoms with Gasteiger partial charge in [0.2, 0.25) is 0 Å². The van der Waals surface area contributed by atoms with Gasteiger partial charge in [-0.25, -0.2) is 0 Å². The SMILES string of the molecule is CCC/C=C/C(CC)CCN. The lowest BCUT2D eigenvalue weighted by molar-refractivity contribution is 0.579. The minimum atomic E-state index is 0.714. The third-order valence-corrected chi connectivity index (χ3v) is 1.93. The monoisotopic (exact) mass is 155 g/mol. The van der Waals surface area contributed by atoms with Crippen LogP contribution in [-0.4, -0.2) is 6.54 Å². The first-order chi connectivity index (χ1) is 5.35. The van der Waals surface area contributed by atoms with Crippen LogP contribution in [0.15, 0.2) is 12.2 Å². The van der Waals surface area contributed by atoms with Crippen LogP contribution >= 0.6 is 0 Å². The molecule has 1 nitrogen and oxygen atoms in total. The van der Waals surface area contributed by atoms with Crippen LogP contribution in [0.2, 0.25) is 0 Å². The summed E-state index contributed by atoms with van der Waals surface area (Å²) < 4.78 is 0. The molecular formula is C10H21N. The average Bonchev–Trinajstić information content (AvgIpc) is 2.03. The molecule has 0 aliphatic heterocycles. The second-order valence-electron chi connectivity index (χ2n) is 2.96. The Labute approximate surface area is 70.7 Å². The molecule has 2 N–H and O–H groups in total. The Bertz CT molecular complexity index is 97.0. The van der Waals surface area contributed by atoms with Gasteiger partial charge in [-0.05, 0) is 31.7 Å². The zero-order valence-corrected chi connectivity index (χ0v) is 7.84. The van der Waals surface area contributed by atoms with E-state index in [9.17, 15) is 0 Å². The third kappa shape index (κ3) is 6.11. The van der Waals surface area contributed by atoms with E-state index in [1.165, 1.54) is 19.3 Å². The second kappa shape index (κ2) is 7.80. The highest BCUT2D eigenvalue weighted by Crippen LogP contribution is 2.09. The van der Waals surface area contributed by atoms with Gasteiger partial charge in [0.05, 0.1) is 0 Å². The van der Waals surface area contributed by atoms with E-state index < -0.39 is 0 Å². The molecule has 0 fully saturated rings. The number of nitrogens with two attached hydrogens (primary N) is 1. The molecule has 0 spiro atoms. The highest BCUT2D eigenvalue weighted by atomic mass is 14.5. The molecule has 0 radical (unpaired) electrons. The number of unbranched alkanes of at least 4 members (excludes halogenated alkanes) is 1. The molecule has 0 aromatic rings. The molecular weight excluding hydrogens is 134 g/mol. The summed E-state index contributed by atoms with van der Waals surface area (Å²) in [5.41, 5.74) is 5.48. The van der Waals surface area contributed by atoms with Crippen molar-refractivity contribution in [1.82, 2.24) is 0 Å². The van der Waals surface area contributed by atoms with Crippen molar-refractivity contribution in [3.8, 4) is 0 Å². The Morgan fingerprint density at radius 3 is 2.55 bits per heavy atom. The van der Waals surface area contributed by atoms with Crippen LogP contribution < -0.4 is 5.73 Å².